The van der Waals surface area contributed by atoms with Gasteiger partial charge in [0.2, 0.25) is 0 Å². The van der Waals surface area contributed by atoms with Crippen molar-refractivity contribution in [3.63, 3.8) is 0 Å². The molecular weight excluding hydrogens is 438 g/mol. The van der Waals surface area contributed by atoms with E-state index in [1.165, 1.54) is 11.1 Å². The molecule has 0 aliphatic heterocycles. The average molecular weight is 465 g/mol. The molecule has 4 rings (SSSR count). The van der Waals surface area contributed by atoms with Crippen LogP contribution in [0.2, 0.25) is 0 Å². The summed E-state index contributed by atoms with van der Waals surface area (Å²) >= 11 is -0.191. The molecule has 28 heavy (non-hydrogen) atoms. The fraction of sp³-hybridized carbons (Fsp3) is 0.333. The van der Waals surface area contributed by atoms with Crippen molar-refractivity contribution < 1.29 is 44.0 Å². The summed E-state index contributed by atoms with van der Waals surface area (Å²) in [7, 11) is -0.0847. The number of hydrogen-bond donors (Lipinski definition) is 0. The molecule has 0 saturated carbocycles. The number of fused-ring (bicyclic) bond motifs is 2. The Bertz CT molecular complexity index is 864. The minimum Gasteiger partial charge on any atom is -1.00 e. The van der Waals surface area contributed by atoms with Crippen molar-refractivity contribution in [2.24, 2.45) is 0 Å². The van der Waals surface area contributed by atoms with Crippen LogP contribution in [0.25, 0.3) is 12.2 Å². The Kier molecular flexibility index (Phi) is 8.63. The van der Waals surface area contributed by atoms with Crippen LogP contribution >= 0.6 is 7.92 Å². The molecule has 2 atom stereocenters. The van der Waals surface area contributed by atoms with E-state index in [0.29, 0.717) is 8.45 Å². The molecule has 2 aliphatic rings. The maximum absolute atomic E-state index is 2.57. The van der Waals surface area contributed by atoms with E-state index in [0.717, 1.165) is 11.3 Å². The maximum Gasteiger partial charge on any atom is -1.00 e. The SMILES string of the molecule is CC(C)P(C1=Cc2ccccc2[CH]1[Ti+2][CH]1C=Cc2ccccc21)C(C)C.[Cl-].[Cl-]. The molecule has 2 unspecified atom stereocenters. The first-order chi connectivity index (χ1) is 12.6. The van der Waals surface area contributed by atoms with Gasteiger partial charge in [0.05, 0.1) is 0 Å². The van der Waals surface area contributed by atoms with Crippen LogP contribution in [0.15, 0.2) is 59.9 Å². The summed E-state index contributed by atoms with van der Waals surface area (Å²) in [4.78, 5) is 0. The maximum atomic E-state index is 2.57. The van der Waals surface area contributed by atoms with Crippen molar-refractivity contribution >= 4 is 20.1 Å². The molecule has 0 N–H and O–H groups in total. The second-order valence-electron chi connectivity index (χ2n) is 7.86. The fourth-order valence-electron chi connectivity index (χ4n) is 4.47. The zero-order valence-electron chi connectivity index (χ0n) is 16.9. The van der Waals surface area contributed by atoms with Gasteiger partial charge in [-0.25, -0.2) is 0 Å². The zero-order valence-corrected chi connectivity index (χ0v) is 20.8. The Morgan fingerprint density at radius 1 is 0.786 bits per heavy atom. The zero-order chi connectivity index (χ0) is 18.3. The van der Waals surface area contributed by atoms with Crippen LogP contribution in [-0.2, 0) is 19.2 Å². The van der Waals surface area contributed by atoms with Crippen LogP contribution in [0.4, 0.5) is 0 Å². The van der Waals surface area contributed by atoms with Crippen molar-refractivity contribution in [2.45, 2.75) is 47.5 Å². The summed E-state index contributed by atoms with van der Waals surface area (Å²) in [5, 5.41) is 1.78. The summed E-state index contributed by atoms with van der Waals surface area (Å²) in [6.07, 6.45) is 7.40. The second kappa shape index (κ2) is 10.1. The van der Waals surface area contributed by atoms with Gasteiger partial charge < -0.3 is 24.8 Å². The van der Waals surface area contributed by atoms with Crippen molar-refractivity contribution in [2.75, 3.05) is 0 Å². The van der Waals surface area contributed by atoms with Crippen molar-refractivity contribution in [3.05, 3.63) is 82.2 Å². The van der Waals surface area contributed by atoms with Gasteiger partial charge in [-0.2, -0.15) is 0 Å². The van der Waals surface area contributed by atoms with Gasteiger partial charge in [0, 0.05) is 0 Å². The Hall–Kier alpha value is -0.356. The Morgan fingerprint density at radius 3 is 2.00 bits per heavy atom. The number of allylic oxidation sites excluding steroid dienone is 2. The van der Waals surface area contributed by atoms with Gasteiger partial charge in [0.15, 0.2) is 0 Å². The van der Waals surface area contributed by atoms with E-state index in [1.807, 2.05) is 0 Å². The monoisotopic (exact) mass is 464 g/mol. The molecule has 4 heteroatoms. The summed E-state index contributed by atoms with van der Waals surface area (Å²) < 4.78 is 1.37. The van der Waals surface area contributed by atoms with Crippen LogP contribution < -0.4 is 24.8 Å². The third kappa shape index (κ3) is 4.53. The van der Waals surface area contributed by atoms with Gasteiger partial charge in [0.25, 0.3) is 0 Å². The van der Waals surface area contributed by atoms with E-state index in [2.05, 4.69) is 94.5 Å². The Morgan fingerprint density at radius 2 is 1.36 bits per heavy atom. The number of rotatable bonds is 5. The third-order valence-electron chi connectivity index (χ3n) is 5.46. The van der Waals surface area contributed by atoms with Gasteiger partial charge in [-0.3, -0.25) is 0 Å². The molecule has 0 spiro atoms. The van der Waals surface area contributed by atoms with Gasteiger partial charge >= 0.3 is 169 Å². The Balaban J connectivity index is 0.00000140. The molecule has 0 radical (unpaired) electrons. The predicted molar refractivity (Wildman–Crippen MR) is 113 cm³/mol. The second-order valence-corrected chi connectivity index (χ2v) is 13.6. The van der Waals surface area contributed by atoms with Gasteiger partial charge in [-0.05, 0) is 0 Å². The van der Waals surface area contributed by atoms with E-state index < -0.39 is 0 Å². The number of halogens is 2. The molecule has 0 heterocycles. The summed E-state index contributed by atoms with van der Waals surface area (Å²) in [6, 6.07) is 18.2. The molecule has 0 fully saturated rings. The minimum absolute atomic E-state index is 0. The van der Waals surface area contributed by atoms with Crippen molar-refractivity contribution in [1.82, 2.24) is 0 Å². The molecule has 0 saturated heterocycles. The van der Waals surface area contributed by atoms with Crippen molar-refractivity contribution in [3.8, 4) is 0 Å². The third-order valence-corrected chi connectivity index (χ3v) is 11.9. The standard InChI is InChI=1S/C15H20P.C9H7.2ClH.Ti/c1-11(2)16(12(3)4)15-9-13-7-5-6-8-14(13)10-15;1-2-5-9-7-3-6-8(9)4-1;;;/h5-12H,1-4H3;1-7H;2*1H;/q;;;;+2/p-2. The van der Waals surface area contributed by atoms with Crippen LogP contribution in [0.3, 0.4) is 0 Å². The number of hydrogen-bond acceptors (Lipinski definition) is 0. The molecular formula is C24H27Cl2PTi. The predicted octanol–water partition coefficient (Wildman–Crippen LogP) is 1.24. The Labute approximate surface area is 192 Å². The van der Waals surface area contributed by atoms with E-state index in [1.54, 1.807) is 16.4 Å². The molecule has 2 aromatic rings. The molecule has 146 valence electrons. The van der Waals surface area contributed by atoms with Crippen LogP contribution in [-0.4, -0.2) is 11.3 Å². The van der Waals surface area contributed by atoms with Gasteiger partial charge in [-0.1, -0.05) is 0 Å². The molecule has 0 bridgehead atoms. The van der Waals surface area contributed by atoms with E-state index in [4.69, 9.17) is 0 Å². The molecule has 2 aliphatic carbocycles. The normalized spacial score (nSPS) is 19.0. The topological polar surface area (TPSA) is 0 Å². The van der Waals surface area contributed by atoms with Crippen LogP contribution in [0.5, 0.6) is 0 Å². The average Bonchev–Trinajstić information content (AvgIpc) is 3.17. The smallest absolute Gasteiger partial charge is 1.00 e. The fourth-order valence-corrected chi connectivity index (χ4v) is 11.3. The molecule has 0 aromatic heterocycles. The largest absolute Gasteiger partial charge is 1.00 e. The summed E-state index contributed by atoms with van der Waals surface area (Å²) in [5.41, 5.74) is 7.61. The molecule has 0 amide bonds. The quantitative estimate of drug-likeness (QED) is 0.461. The molecule has 0 nitrogen and oxygen atoms in total. The summed E-state index contributed by atoms with van der Waals surface area (Å²) in [5.74, 6) is 0. The first kappa shape index (κ1) is 23.9. The summed E-state index contributed by atoms with van der Waals surface area (Å²) in [6.45, 7) is 9.71. The first-order valence-corrected chi connectivity index (χ1v) is 13.0. The van der Waals surface area contributed by atoms with Crippen LogP contribution in [0.1, 0.15) is 58.4 Å². The van der Waals surface area contributed by atoms with Crippen LogP contribution in [0, 0.1) is 0 Å². The molecule has 2 aromatic carbocycles. The van der Waals surface area contributed by atoms with Gasteiger partial charge in [0.1, 0.15) is 0 Å². The van der Waals surface area contributed by atoms with E-state index in [-0.39, 0.29) is 51.9 Å². The van der Waals surface area contributed by atoms with E-state index >= 15 is 0 Å². The van der Waals surface area contributed by atoms with E-state index in [9.17, 15) is 0 Å². The minimum atomic E-state index is -0.191. The van der Waals surface area contributed by atoms with Crippen molar-refractivity contribution in [1.29, 1.82) is 0 Å². The van der Waals surface area contributed by atoms with Gasteiger partial charge in [-0.15, -0.1) is 0 Å². The first-order valence-electron chi connectivity index (χ1n) is 9.68. The number of benzene rings is 2.